The Morgan fingerprint density at radius 1 is 1.22 bits per heavy atom. The first kappa shape index (κ1) is 25.1. The van der Waals surface area contributed by atoms with E-state index in [0.717, 1.165) is 22.6 Å². The Kier molecular flexibility index (Phi) is 7.20. The molecule has 1 fully saturated rings. The number of ether oxygens (including phenoxy) is 2. The Balaban J connectivity index is 1.82. The van der Waals surface area contributed by atoms with Gasteiger partial charge in [-0.05, 0) is 55.9 Å². The summed E-state index contributed by atoms with van der Waals surface area (Å²) in [5, 5.41) is 15.2. The van der Waals surface area contributed by atoms with Gasteiger partial charge in [0.05, 0.1) is 55.1 Å². The first-order chi connectivity index (χ1) is 17.3. The molecule has 4 rings (SSSR count). The zero-order chi connectivity index (χ0) is 26.0. The quantitative estimate of drug-likeness (QED) is 0.209. The number of aromatic nitrogens is 2. The number of methoxy groups -OCH3 is 2. The van der Waals surface area contributed by atoms with Gasteiger partial charge in [0.15, 0.2) is 5.11 Å². The lowest BCUT2D eigenvalue weighted by Gasteiger charge is -2.28. The maximum absolute atomic E-state index is 11.9. The molecule has 0 bridgehead atoms. The molecular formula is C25H27N5O5S. The van der Waals surface area contributed by atoms with Crippen molar-refractivity contribution in [2.45, 2.75) is 32.4 Å². The molecule has 1 N–H and O–H groups in total. The van der Waals surface area contributed by atoms with E-state index in [9.17, 15) is 14.9 Å². The monoisotopic (exact) mass is 509 g/mol. The van der Waals surface area contributed by atoms with Gasteiger partial charge >= 0.3 is 5.97 Å². The smallest absolute Gasteiger partial charge is 0.307 e. The zero-order valence-electron chi connectivity index (χ0n) is 20.4. The minimum Gasteiger partial charge on any atom is -0.494 e. The highest BCUT2D eigenvalue weighted by Gasteiger charge is 2.41. The number of carbonyl (C=O) groups excluding carboxylic acids is 1. The average Bonchev–Trinajstić information content (AvgIpc) is 3.36. The Bertz CT molecular complexity index is 1310. The highest BCUT2D eigenvalue weighted by Crippen LogP contribution is 2.42. The third kappa shape index (κ3) is 4.61. The fraction of sp³-hybridized carbons (Fsp3) is 0.320. The van der Waals surface area contributed by atoms with Crippen LogP contribution in [0.25, 0.3) is 5.69 Å². The topological polar surface area (TPSA) is 112 Å². The van der Waals surface area contributed by atoms with E-state index >= 15 is 0 Å². The van der Waals surface area contributed by atoms with Crippen LogP contribution in [-0.4, -0.2) is 51.2 Å². The number of pyridine rings is 1. The number of esters is 1. The normalized spacial score (nSPS) is 17.1. The second-order valence-electron chi connectivity index (χ2n) is 8.42. The van der Waals surface area contributed by atoms with Crippen molar-refractivity contribution in [2.24, 2.45) is 0 Å². The SMILES string of the molecule is COC(=O)CCN1C(=S)N[C@@H](c2ccccn2)[C@@H]1c1cc(C)n(-c2ccc([N+](=O)[O-])cc2OC)c1C. The highest BCUT2D eigenvalue weighted by molar-refractivity contribution is 7.80. The van der Waals surface area contributed by atoms with E-state index in [1.54, 1.807) is 12.3 Å². The molecule has 0 unspecified atom stereocenters. The Labute approximate surface area is 214 Å². The van der Waals surface area contributed by atoms with Crippen molar-refractivity contribution < 1.29 is 19.2 Å². The second kappa shape index (κ2) is 10.3. The van der Waals surface area contributed by atoms with Crippen molar-refractivity contribution >= 4 is 29.0 Å². The minimum atomic E-state index is -0.450. The van der Waals surface area contributed by atoms with Gasteiger partial charge < -0.3 is 24.3 Å². The summed E-state index contributed by atoms with van der Waals surface area (Å²) in [6, 6.07) is 11.8. The molecule has 0 aliphatic carbocycles. The van der Waals surface area contributed by atoms with Gasteiger partial charge in [0, 0.05) is 30.2 Å². The molecule has 188 valence electrons. The predicted molar refractivity (Wildman–Crippen MR) is 137 cm³/mol. The fourth-order valence-corrected chi connectivity index (χ4v) is 5.05. The van der Waals surface area contributed by atoms with Crippen molar-refractivity contribution in [3.63, 3.8) is 0 Å². The number of hydrogen-bond donors (Lipinski definition) is 1. The van der Waals surface area contributed by atoms with Crippen LogP contribution in [0.3, 0.4) is 0 Å². The van der Waals surface area contributed by atoms with Crippen LogP contribution in [0.2, 0.25) is 0 Å². The summed E-state index contributed by atoms with van der Waals surface area (Å²) in [7, 11) is 2.85. The Morgan fingerprint density at radius 3 is 2.64 bits per heavy atom. The van der Waals surface area contributed by atoms with Crippen LogP contribution < -0.4 is 10.1 Å². The van der Waals surface area contributed by atoms with Gasteiger partial charge in [0.1, 0.15) is 5.75 Å². The molecular weight excluding hydrogens is 482 g/mol. The number of benzene rings is 1. The molecule has 1 aliphatic heterocycles. The van der Waals surface area contributed by atoms with Crippen LogP contribution >= 0.6 is 12.2 Å². The van der Waals surface area contributed by atoms with E-state index in [-0.39, 0.29) is 30.2 Å². The molecule has 2 aromatic heterocycles. The van der Waals surface area contributed by atoms with Crippen LogP contribution in [0.4, 0.5) is 5.69 Å². The summed E-state index contributed by atoms with van der Waals surface area (Å²) in [6.45, 7) is 4.32. The number of nitrogens with zero attached hydrogens (tertiary/aromatic N) is 4. The first-order valence-electron chi connectivity index (χ1n) is 11.3. The van der Waals surface area contributed by atoms with Gasteiger partial charge in [-0.3, -0.25) is 19.9 Å². The molecule has 1 aliphatic rings. The van der Waals surface area contributed by atoms with Gasteiger partial charge in [-0.25, -0.2) is 0 Å². The molecule has 36 heavy (non-hydrogen) atoms. The van der Waals surface area contributed by atoms with E-state index in [4.69, 9.17) is 21.7 Å². The lowest BCUT2D eigenvalue weighted by Crippen LogP contribution is -2.32. The van der Waals surface area contributed by atoms with E-state index in [2.05, 4.69) is 16.4 Å². The minimum absolute atomic E-state index is 0.0483. The molecule has 1 aromatic carbocycles. The number of hydrogen-bond acceptors (Lipinski definition) is 7. The van der Waals surface area contributed by atoms with E-state index < -0.39 is 4.92 Å². The van der Waals surface area contributed by atoms with E-state index in [0.29, 0.717) is 23.1 Å². The largest absolute Gasteiger partial charge is 0.494 e. The van der Waals surface area contributed by atoms with Crippen molar-refractivity contribution in [1.82, 2.24) is 19.8 Å². The molecule has 0 amide bonds. The number of thiocarbonyl (C=S) groups is 1. The number of rotatable bonds is 8. The average molecular weight is 510 g/mol. The number of nitro groups is 1. The maximum Gasteiger partial charge on any atom is 0.307 e. The molecule has 11 heteroatoms. The highest BCUT2D eigenvalue weighted by atomic mass is 32.1. The summed E-state index contributed by atoms with van der Waals surface area (Å²) >= 11 is 5.68. The summed E-state index contributed by atoms with van der Waals surface area (Å²) < 4.78 is 12.4. The van der Waals surface area contributed by atoms with Crippen LogP contribution in [0.5, 0.6) is 5.75 Å². The van der Waals surface area contributed by atoms with Crippen molar-refractivity contribution in [2.75, 3.05) is 20.8 Å². The predicted octanol–water partition coefficient (Wildman–Crippen LogP) is 3.94. The van der Waals surface area contributed by atoms with Crippen molar-refractivity contribution in [3.8, 4) is 11.4 Å². The number of aryl methyl sites for hydroxylation is 1. The summed E-state index contributed by atoms with van der Waals surface area (Å²) in [5.74, 6) is 0.0698. The molecule has 0 spiro atoms. The third-order valence-electron chi connectivity index (χ3n) is 6.39. The van der Waals surface area contributed by atoms with Crippen molar-refractivity contribution in [3.05, 3.63) is 81.4 Å². The van der Waals surface area contributed by atoms with Crippen LogP contribution in [0.15, 0.2) is 48.7 Å². The summed E-state index contributed by atoms with van der Waals surface area (Å²) in [5.41, 5.74) is 4.28. The van der Waals surface area contributed by atoms with Gasteiger partial charge in [-0.1, -0.05) is 6.07 Å². The number of nitrogens with one attached hydrogen (secondary N) is 1. The summed E-state index contributed by atoms with van der Waals surface area (Å²) in [4.78, 5) is 29.3. The molecule has 0 saturated carbocycles. The van der Waals surface area contributed by atoms with E-state index in [1.807, 2.05) is 41.5 Å². The van der Waals surface area contributed by atoms with Crippen molar-refractivity contribution in [1.29, 1.82) is 0 Å². The molecule has 10 nitrogen and oxygen atoms in total. The Hall–Kier alpha value is -3.99. The van der Waals surface area contributed by atoms with Crippen LogP contribution in [0, 0.1) is 24.0 Å². The fourth-order valence-electron chi connectivity index (χ4n) is 4.72. The van der Waals surface area contributed by atoms with Gasteiger partial charge in [-0.2, -0.15) is 0 Å². The third-order valence-corrected chi connectivity index (χ3v) is 6.74. The molecule has 3 aromatic rings. The lowest BCUT2D eigenvalue weighted by molar-refractivity contribution is -0.384. The zero-order valence-corrected chi connectivity index (χ0v) is 21.2. The molecule has 0 radical (unpaired) electrons. The van der Waals surface area contributed by atoms with Gasteiger partial charge in [-0.15, -0.1) is 0 Å². The first-order valence-corrected chi connectivity index (χ1v) is 11.7. The second-order valence-corrected chi connectivity index (χ2v) is 8.81. The van der Waals surface area contributed by atoms with Crippen LogP contribution in [-0.2, 0) is 9.53 Å². The van der Waals surface area contributed by atoms with E-state index in [1.165, 1.54) is 26.4 Å². The van der Waals surface area contributed by atoms with Gasteiger partial charge in [0.25, 0.3) is 5.69 Å². The Morgan fingerprint density at radius 2 is 2.00 bits per heavy atom. The molecule has 1 saturated heterocycles. The lowest BCUT2D eigenvalue weighted by atomic mass is 9.96. The summed E-state index contributed by atoms with van der Waals surface area (Å²) in [6.07, 6.45) is 1.91. The molecule has 3 heterocycles. The number of nitro benzene ring substituents is 1. The van der Waals surface area contributed by atoms with Crippen LogP contribution in [0.1, 0.15) is 41.1 Å². The number of non-ortho nitro benzene ring substituents is 1. The van der Waals surface area contributed by atoms with Gasteiger partial charge in [0.2, 0.25) is 0 Å². The number of carbonyl (C=O) groups is 1. The maximum atomic E-state index is 11.9. The molecule has 2 atom stereocenters. The standard InChI is InChI=1S/C25H27N5O5S/c1-15-13-18(16(2)29(15)20-9-8-17(30(32)33)14-21(20)34-3)24-23(19-7-5-6-11-26-19)27-25(36)28(24)12-10-22(31)35-4/h5-9,11,13-14,23-24H,10,12H2,1-4H3,(H,27,36)/t23-,24-/m0/s1.